The van der Waals surface area contributed by atoms with Crippen molar-refractivity contribution in [2.24, 2.45) is 5.92 Å². The van der Waals surface area contributed by atoms with Crippen molar-refractivity contribution in [3.63, 3.8) is 0 Å². The summed E-state index contributed by atoms with van der Waals surface area (Å²) in [6, 6.07) is 4.68. The van der Waals surface area contributed by atoms with Gasteiger partial charge in [-0.05, 0) is 38.9 Å². The number of phenolic OH excluding ortho intramolecular Hbond substituents is 1. The predicted molar refractivity (Wildman–Crippen MR) is 83.8 cm³/mol. The zero-order valence-electron chi connectivity index (χ0n) is 13.3. The molecule has 0 heterocycles. The minimum absolute atomic E-state index is 0.167. The maximum atomic E-state index is 13.3. The number of rotatable bonds is 5. The summed E-state index contributed by atoms with van der Waals surface area (Å²) in [5, 5.41) is 13.1. The number of phenols is 1. The molecule has 0 spiro atoms. The van der Waals surface area contributed by atoms with Crippen LogP contribution in [-0.2, 0) is 6.54 Å². The minimum atomic E-state index is -0.553. The second kappa shape index (κ2) is 6.75. The zero-order valence-corrected chi connectivity index (χ0v) is 13.3. The molecule has 2 unspecified atom stereocenters. The lowest BCUT2D eigenvalue weighted by atomic mass is 9.75. The molecule has 1 fully saturated rings. The highest BCUT2D eigenvalue weighted by molar-refractivity contribution is 5.33. The van der Waals surface area contributed by atoms with Crippen LogP contribution in [-0.4, -0.2) is 36.2 Å². The van der Waals surface area contributed by atoms with Gasteiger partial charge >= 0.3 is 0 Å². The van der Waals surface area contributed by atoms with Gasteiger partial charge in [0, 0.05) is 24.2 Å². The normalized spacial score (nSPS) is 26.2. The first-order valence-electron chi connectivity index (χ1n) is 7.79. The largest absolute Gasteiger partial charge is 0.505 e. The second-order valence-corrected chi connectivity index (χ2v) is 6.67. The average Bonchev–Trinajstić information content (AvgIpc) is 2.43. The Bertz CT molecular complexity index is 478. The summed E-state index contributed by atoms with van der Waals surface area (Å²) in [5.74, 6) is -0.0469. The summed E-state index contributed by atoms with van der Waals surface area (Å²) in [4.78, 5) is 2.32. The number of likely N-dealkylation sites (N-methyl/N-ethyl adjacent to an activating group) is 1. The van der Waals surface area contributed by atoms with Gasteiger partial charge < -0.3 is 15.3 Å². The van der Waals surface area contributed by atoms with E-state index in [1.165, 1.54) is 31.7 Å². The Balaban J connectivity index is 1.98. The number of nitrogens with one attached hydrogen (secondary N) is 1. The van der Waals surface area contributed by atoms with E-state index in [1.54, 1.807) is 12.1 Å². The summed E-state index contributed by atoms with van der Waals surface area (Å²) in [7, 11) is 4.28. The lowest BCUT2D eigenvalue weighted by Crippen LogP contribution is -2.54. The number of hydrogen-bond donors (Lipinski definition) is 2. The summed E-state index contributed by atoms with van der Waals surface area (Å²) in [5.41, 5.74) is 0.786. The molecule has 0 aliphatic heterocycles. The fourth-order valence-electron chi connectivity index (χ4n) is 3.49. The number of nitrogens with zero attached hydrogens (tertiary/aromatic N) is 1. The molecule has 0 aromatic heterocycles. The van der Waals surface area contributed by atoms with Gasteiger partial charge in [-0.25, -0.2) is 4.39 Å². The predicted octanol–water partition coefficient (Wildman–Crippen LogP) is 3.13. The molecule has 3 nitrogen and oxygen atoms in total. The fourth-order valence-corrected chi connectivity index (χ4v) is 3.49. The maximum Gasteiger partial charge on any atom is 0.165 e. The van der Waals surface area contributed by atoms with Crippen LogP contribution in [0.5, 0.6) is 5.75 Å². The zero-order chi connectivity index (χ0) is 15.5. The van der Waals surface area contributed by atoms with E-state index in [0.29, 0.717) is 12.1 Å². The molecule has 1 saturated carbocycles. The van der Waals surface area contributed by atoms with Crippen LogP contribution in [0.25, 0.3) is 0 Å². The summed E-state index contributed by atoms with van der Waals surface area (Å²) < 4.78 is 13.3. The van der Waals surface area contributed by atoms with Crippen LogP contribution in [0.4, 0.5) is 4.39 Å². The van der Waals surface area contributed by atoms with Crippen LogP contribution in [0.2, 0.25) is 0 Å². The van der Waals surface area contributed by atoms with Crippen molar-refractivity contribution in [2.75, 3.05) is 20.6 Å². The Morgan fingerprint density at radius 2 is 2.19 bits per heavy atom. The summed E-state index contributed by atoms with van der Waals surface area (Å²) >= 11 is 0. The van der Waals surface area contributed by atoms with Crippen molar-refractivity contribution in [1.29, 1.82) is 0 Å². The van der Waals surface area contributed by atoms with E-state index in [2.05, 4.69) is 31.2 Å². The van der Waals surface area contributed by atoms with Crippen molar-refractivity contribution in [2.45, 2.75) is 44.7 Å². The number of benzene rings is 1. The molecule has 0 radical (unpaired) electrons. The van der Waals surface area contributed by atoms with Crippen molar-refractivity contribution >= 4 is 0 Å². The first-order valence-corrected chi connectivity index (χ1v) is 7.79. The third-order valence-corrected chi connectivity index (χ3v) is 4.86. The molecule has 1 aliphatic rings. The van der Waals surface area contributed by atoms with Gasteiger partial charge in [0.2, 0.25) is 0 Å². The number of hydrogen-bond acceptors (Lipinski definition) is 3. The standard InChI is InChI=1S/C17H27FN2O/c1-13-6-5-9-17(10-13,20(2)3)12-19-11-14-7-4-8-15(18)16(14)21/h4,7-8,13,19,21H,5-6,9-12H2,1-3H3. The van der Waals surface area contributed by atoms with Crippen molar-refractivity contribution in [1.82, 2.24) is 10.2 Å². The lowest BCUT2D eigenvalue weighted by molar-refractivity contribution is 0.0749. The third-order valence-electron chi connectivity index (χ3n) is 4.86. The highest BCUT2D eigenvalue weighted by atomic mass is 19.1. The third kappa shape index (κ3) is 3.74. The quantitative estimate of drug-likeness (QED) is 0.876. The molecular formula is C17H27FN2O. The van der Waals surface area contributed by atoms with Crippen LogP contribution < -0.4 is 5.32 Å². The molecule has 0 bridgehead atoms. The van der Waals surface area contributed by atoms with Crippen molar-refractivity contribution in [3.8, 4) is 5.75 Å². The van der Waals surface area contributed by atoms with Crippen molar-refractivity contribution < 1.29 is 9.50 Å². The van der Waals surface area contributed by atoms with Gasteiger partial charge in [-0.15, -0.1) is 0 Å². The Labute approximate surface area is 127 Å². The monoisotopic (exact) mass is 294 g/mol. The highest BCUT2D eigenvalue weighted by Gasteiger charge is 2.36. The van der Waals surface area contributed by atoms with Crippen LogP contribution in [0.15, 0.2) is 18.2 Å². The van der Waals surface area contributed by atoms with Gasteiger partial charge in [-0.2, -0.15) is 0 Å². The first-order chi connectivity index (χ1) is 9.94. The highest BCUT2D eigenvalue weighted by Crippen LogP contribution is 2.35. The van der Waals surface area contributed by atoms with E-state index >= 15 is 0 Å². The average molecular weight is 294 g/mol. The van der Waals surface area contributed by atoms with Gasteiger partial charge in [0.05, 0.1) is 0 Å². The lowest BCUT2D eigenvalue weighted by Gasteiger charge is -2.45. The second-order valence-electron chi connectivity index (χ2n) is 6.67. The van der Waals surface area contributed by atoms with Crippen molar-refractivity contribution in [3.05, 3.63) is 29.6 Å². The molecule has 1 aromatic rings. The van der Waals surface area contributed by atoms with E-state index < -0.39 is 5.82 Å². The molecular weight excluding hydrogens is 267 g/mol. The molecule has 4 heteroatoms. The maximum absolute atomic E-state index is 13.3. The van der Waals surface area contributed by atoms with Gasteiger partial charge in [0.15, 0.2) is 11.6 Å². The van der Waals surface area contributed by atoms with Gasteiger partial charge in [0.25, 0.3) is 0 Å². The minimum Gasteiger partial charge on any atom is -0.505 e. The smallest absolute Gasteiger partial charge is 0.165 e. The molecule has 118 valence electrons. The Morgan fingerprint density at radius 1 is 1.43 bits per heavy atom. The van der Waals surface area contributed by atoms with E-state index in [-0.39, 0.29) is 11.3 Å². The molecule has 0 saturated heterocycles. The Hall–Kier alpha value is -1.13. The van der Waals surface area contributed by atoms with Gasteiger partial charge in [-0.3, -0.25) is 0 Å². The molecule has 2 N–H and O–H groups in total. The number of para-hydroxylation sites is 1. The van der Waals surface area contributed by atoms with Crippen LogP contribution in [0, 0.1) is 11.7 Å². The Morgan fingerprint density at radius 3 is 2.86 bits per heavy atom. The van der Waals surface area contributed by atoms with E-state index in [0.717, 1.165) is 12.5 Å². The van der Waals surface area contributed by atoms with Crippen LogP contribution in [0.3, 0.4) is 0 Å². The molecule has 1 aromatic carbocycles. The molecule has 2 rings (SSSR count). The molecule has 1 aliphatic carbocycles. The molecule has 21 heavy (non-hydrogen) atoms. The van der Waals surface area contributed by atoms with Crippen LogP contribution in [0.1, 0.15) is 38.2 Å². The van der Waals surface area contributed by atoms with Gasteiger partial charge in [-0.1, -0.05) is 31.9 Å². The fraction of sp³-hybridized carbons (Fsp3) is 0.647. The van der Waals surface area contributed by atoms with E-state index in [9.17, 15) is 9.50 Å². The summed E-state index contributed by atoms with van der Waals surface area (Å²) in [6.45, 7) is 3.67. The van der Waals surface area contributed by atoms with E-state index in [1.807, 2.05) is 0 Å². The molecule has 0 amide bonds. The van der Waals surface area contributed by atoms with E-state index in [4.69, 9.17) is 0 Å². The van der Waals surface area contributed by atoms with Crippen LogP contribution >= 0.6 is 0 Å². The van der Waals surface area contributed by atoms with Gasteiger partial charge in [0.1, 0.15) is 0 Å². The number of aromatic hydroxyl groups is 1. The SMILES string of the molecule is CC1CCCC(CNCc2cccc(F)c2O)(N(C)C)C1. The molecule has 2 atom stereocenters. The summed E-state index contributed by atoms with van der Waals surface area (Å²) in [6.07, 6.45) is 4.93. The first kappa shape index (κ1) is 16.2. The number of halogens is 1. The topological polar surface area (TPSA) is 35.5 Å². The Kier molecular flexibility index (Phi) is 5.22.